The Hall–Kier alpha value is -3.97. The fourth-order valence-corrected chi connectivity index (χ4v) is 4.16. The number of benzene rings is 2. The number of amides is 1. The topological polar surface area (TPSA) is 84.7 Å². The quantitative estimate of drug-likeness (QED) is 0.409. The number of rotatable bonds is 4. The molecule has 0 saturated carbocycles. The van der Waals surface area contributed by atoms with Gasteiger partial charge in [-0.25, -0.2) is 4.68 Å². The second-order valence-corrected chi connectivity index (χ2v) is 8.75. The number of carbonyl (C=O) groups excluding carboxylic acids is 1. The van der Waals surface area contributed by atoms with Crippen molar-refractivity contribution in [2.45, 2.75) is 26.8 Å². The molecule has 4 aromatic rings. The lowest BCUT2D eigenvalue weighted by molar-refractivity contribution is -0.113. The van der Waals surface area contributed by atoms with Crippen LogP contribution in [0.2, 0.25) is 5.02 Å². The minimum Gasteiger partial charge on any atom is -0.328 e. The standard InChI is InChI=1S/C26H23ClN6O/c1-15-6-7-19(13-16(15)2)24-31-26-29-17(3)22(25(34)30-21-5-4-12-28-14-21)23(33(26)32-24)18-8-10-20(27)11-9-18/h4-14,23H,1-3H3,(H,30,34)(H,29,31,32). The molecule has 2 N–H and O–H groups in total. The average molecular weight is 471 g/mol. The fraction of sp³-hybridized carbons (Fsp3) is 0.154. The summed E-state index contributed by atoms with van der Waals surface area (Å²) in [5.74, 6) is 0.918. The molecule has 8 heteroatoms. The molecule has 1 aliphatic heterocycles. The van der Waals surface area contributed by atoms with E-state index in [9.17, 15) is 4.79 Å². The largest absolute Gasteiger partial charge is 0.328 e. The van der Waals surface area contributed by atoms with Crippen molar-refractivity contribution < 1.29 is 4.79 Å². The van der Waals surface area contributed by atoms with E-state index in [1.54, 1.807) is 29.2 Å². The van der Waals surface area contributed by atoms with Crippen molar-refractivity contribution in [2.24, 2.45) is 0 Å². The predicted octanol–water partition coefficient (Wildman–Crippen LogP) is 5.54. The van der Waals surface area contributed by atoms with Crippen molar-refractivity contribution in [3.63, 3.8) is 0 Å². The Morgan fingerprint density at radius 3 is 2.56 bits per heavy atom. The first-order chi connectivity index (χ1) is 16.4. The number of pyridine rings is 1. The van der Waals surface area contributed by atoms with E-state index in [1.807, 2.05) is 37.3 Å². The third kappa shape index (κ3) is 4.06. The van der Waals surface area contributed by atoms with Gasteiger partial charge in [0.15, 0.2) is 5.82 Å². The number of nitrogens with zero attached hydrogens (tertiary/aromatic N) is 4. The third-order valence-electron chi connectivity index (χ3n) is 5.97. The van der Waals surface area contributed by atoms with Crippen LogP contribution in [0.5, 0.6) is 0 Å². The van der Waals surface area contributed by atoms with E-state index in [2.05, 4.69) is 41.6 Å². The summed E-state index contributed by atoms with van der Waals surface area (Å²) in [4.78, 5) is 22.3. The van der Waals surface area contributed by atoms with Gasteiger partial charge in [0.05, 0.1) is 17.5 Å². The zero-order valence-corrected chi connectivity index (χ0v) is 19.8. The van der Waals surface area contributed by atoms with Crippen LogP contribution in [-0.4, -0.2) is 25.7 Å². The van der Waals surface area contributed by atoms with E-state index in [1.165, 1.54) is 11.1 Å². The van der Waals surface area contributed by atoms with Crippen LogP contribution in [0, 0.1) is 13.8 Å². The van der Waals surface area contributed by atoms with Crippen LogP contribution < -0.4 is 10.6 Å². The van der Waals surface area contributed by atoms with Crippen LogP contribution in [0.4, 0.5) is 11.6 Å². The van der Waals surface area contributed by atoms with Gasteiger partial charge in [0.25, 0.3) is 5.91 Å². The highest BCUT2D eigenvalue weighted by Gasteiger charge is 2.34. The lowest BCUT2D eigenvalue weighted by atomic mass is 9.95. The molecule has 0 radical (unpaired) electrons. The normalized spacial score (nSPS) is 15.0. The summed E-state index contributed by atoms with van der Waals surface area (Å²) in [5, 5.41) is 11.7. The maximum absolute atomic E-state index is 13.5. The third-order valence-corrected chi connectivity index (χ3v) is 6.22. The number of carbonyl (C=O) groups is 1. The number of aromatic nitrogens is 4. The zero-order chi connectivity index (χ0) is 23.8. The van der Waals surface area contributed by atoms with Gasteiger partial charge >= 0.3 is 0 Å². The van der Waals surface area contributed by atoms with Crippen molar-refractivity contribution in [3.8, 4) is 11.4 Å². The summed E-state index contributed by atoms with van der Waals surface area (Å²) < 4.78 is 1.76. The summed E-state index contributed by atoms with van der Waals surface area (Å²) >= 11 is 6.15. The van der Waals surface area contributed by atoms with Gasteiger partial charge in [-0.15, -0.1) is 5.10 Å². The smallest absolute Gasteiger partial charge is 0.255 e. The number of fused-ring (bicyclic) bond motifs is 1. The van der Waals surface area contributed by atoms with Crippen LogP contribution in [-0.2, 0) is 4.79 Å². The van der Waals surface area contributed by atoms with Gasteiger partial charge < -0.3 is 10.6 Å². The van der Waals surface area contributed by atoms with Crippen LogP contribution in [0.15, 0.2) is 78.3 Å². The summed E-state index contributed by atoms with van der Waals surface area (Å²) in [6, 6.07) is 16.7. The lowest BCUT2D eigenvalue weighted by Gasteiger charge is -2.28. The molecule has 3 heterocycles. The summed E-state index contributed by atoms with van der Waals surface area (Å²) in [7, 11) is 0. The van der Waals surface area contributed by atoms with Crippen LogP contribution in [0.3, 0.4) is 0 Å². The number of hydrogen-bond donors (Lipinski definition) is 2. The van der Waals surface area contributed by atoms with Crippen LogP contribution in [0.25, 0.3) is 11.4 Å². The molecule has 2 aromatic carbocycles. The molecular formula is C26H23ClN6O. The Bertz CT molecular complexity index is 1410. The zero-order valence-electron chi connectivity index (χ0n) is 19.0. The molecule has 0 saturated heterocycles. The molecule has 0 spiro atoms. The highest BCUT2D eigenvalue weighted by molar-refractivity contribution is 6.30. The van der Waals surface area contributed by atoms with E-state index in [0.717, 1.165) is 11.1 Å². The van der Waals surface area contributed by atoms with Crippen molar-refractivity contribution in [3.05, 3.63) is 100.0 Å². The van der Waals surface area contributed by atoms with Gasteiger partial charge in [-0.1, -0.05) is 35.9 Å². The first kappa shape index (κ1) is 21.9. The number of hydrogen-bond acceptors (Lipinski definition) is 5. The molecule has 0 aliphatic carbocycles. The molecule has 0 bridgehead atoms. The van der Waals surface area contributed by atoms with E-state index in [0.29, 0.717) is 33.8 Å². The van der Waals surface area contributed by atoms with Gasteiger partial charge in [-0.3, -0.25) is 9.78 Å². The number of halogens is 1. The molecule has 1 amide bonds. The first-order valence-corrected chi connectivity index (χ1v) is 11.3. The maximum Gasteiger partial charge on any atom is 0.255 e. The molecule has 170 valence electrons. The summed E-state index contributed by atoms with van der Waals surface area (Å²) in [6.07, 6.45) is 3.27. The Morgan fingerprint density at radius 1 is 1.06 bits per heavy atom. The SMILES string of the molecule is CC1=C(C(=O)Nc2cccnc2)C(c2ccc(Cl)cc2)n2nc(-c3ccc(C)c(C)c3)nc2N1. The molecular weight excluding hydrogens is 448 g/mol. The van der Waals surface area contributed by atoms with Gasteiger partial charge in [-0.2, -0.15) is 4.98 Å². The van der Waals surface area contributed by atoms with Gasteiger partial charge in [0.1, 0.15) is 6.04 Å². The molecule has 34 heavy (non-hydrogen) atoms. The number of anilines is 2. The molecule has 1 atom stereocenters. The van der Waals surface area contributed by atoms with E-state index in [4.69, 9.17) is 21.7 Å². The second-order valence-electron chi connectivity index (χ2n) is 8.32. The van der Waals surface area contributed by atoms with Crippen molar-refractivity contribution in [1.82, 2.24) is 19.7 Å². The Kier molecular flexibility index (Phi) is 5.63. The number of nitrogens with one attached hydrogen (secondary N) is 2. The number of allylic oxidation sites excluding steroid dienone is 1. The Balaban J connectivity index is 1.60. The molecule has 5 rings (SSSR count). The predicted molar refractivity (Wildman–Crippen MR) is 134 cm³/mol. The summed E-state index contributed by atoms with van der Waals surface area (Å²) in [5.41, 5.74) is 6.01. The molecule has 0 fully saturated rings. The van der Waals surface area contributed by atoms with Crippen molar-refractivity contribution in [1.29, 1.82) is 0 Å². The van der Waals surface area contributed by atoms with Gasteiger partial charge in [0, 0.05) is 22.5 Å². The lowest BCUT2D eigenvalue weighted by Crippen LogP contribution is -2.31. The van der Waals surface area contributed by atoms with Gasteiger partial charge in [0.2, 0.25) is 5.95 Å². The number of aryl methyl sites for hydroxylation is 2. The van der Waals surface area contributed by atoms with Crippen LogP contribution in [0.1, 0.15) is 29.7 Å². The van der Waals surface area contributed by atoms with E-state index >= 15 is 0 Å². The van der Waals surface area contributed by atoms with Crippen LogP contribution >= 0.6 is 11.6 Å². The Morgan fingerprint density at radius 2 is 1.85 bits per heavy atom. The monoisotopic (exact) mass is 470 g/mol. The van der Waals surface area contributed by atoms with Crippen molar-refractivity contribution in [2.75, 3.05) is 10.6 Å². The summed E-state index contributed by atoms with van der Waals surface area (Å²) in [6.45, 7) is 6.01. The molecule has 1 unspecified atom stereocenters. The maximum atomic E-state index is 13.5. The first-order valence-electron chi connectivity index (χ1n) is 10.9. The average Bonchev–Trinajstić information content (AvgIpc) is 3.24. The highest BCUT2D eigenvalue weighted by atomic mass is 35.5. The van der Waals surface area contributed by atoms with Gasteiger partial charge in [-0.05, 0) is 67.8 Å². The fourth-order valence-electron chi connectivity index (χ4n) is 4.04. The van der Waals surface area contributed by atoms with E-state index < -0.39 is 6.04 Å². The highest BCUT2D eigenvalue weighted by Crippen LogP contribution is 2.37. The Labute approximate surface area is 202 Å². The minimum atomic E-state index is -0.488. The minimum absolute atomic E-state index is 0.244. The second kappa shape index (κ2) is 8.76. The molecule has 1 aliphatic rings. The molecule has 7 nitrogen and oxygen atoms in total. The van der Waals surface area contributed by atoms with Crippen molar-refractivity contribution >= 4 is 29.1 Å². The van der Waals surface area contributed by atoms with E-state index in [-0.39, 0.29) is 5.91 Å². The molecule has 2 aromatic heterocycles.